The summed E-state index contributed by atoms with van der Waals surface area (Å²) >= 11 is 0. The van der Waals surface area contributed by atoms with Gasteiger partial charge < -0.3 is 5.32 Å². The maximum absolute atomic E-state index is 3.64. The van der Waals surface area contributed by atoms with Crippen LogP contribution >= 0.6 is 0 Å². The van der Waals surface area contributed by atoms with Gasteiger partial charge in [0, 0.05) is 6.04 Å². The first-order valence-corrected chi connectivity index (χ1v) is 6.13. The van der Waals surface area contributed by atoms with E-state index in [1.165, 1.54) is 37.8 Å². The summed E-state index contributed by atoms with van der Waals surface area (Å²) in [6.45, 7) is 3.58. The van der Waals surface area contributed by atoms with Crippen molar-refractivity contribution >= 4 is 0 Å². The average Bonchev–Trinajstić information content (AvgIpc) is 2.31. The van der Waals surface area contributed by atoms with Gasteiger partial charge in [0.1, 0.15) is 0 Å². The molecule has 0 aromatic heterocycles. The van der Waals surface area contributed by atoms with E-state index < -0.39 is 0 Å². The molecule has 0 aliphatic carbocycles. The number of hydrogen-bond donors (Lipinski definition) is 1. The van der Waals surface area contributed by atoms with Gasteiger partial charge in [-0.1, -0.05) is 43.7 Å². The summed E-state index contributed by atoms with van der Waals surface area (Å²) in [4.78, 5) is 0. The minimum atomic E-state index is 0.735. The first-order valence-electron chi connectivity index (χ1n) is 6.13. The summed E-state index contributed by atoms with van der Waals surface area (Å²) < 4.78 is 0. The Balaban J connectivity index is 1.88. The molecule has 0 amide bonds. The molecule has 0 radical (unpaired) electrons. The third-order valence-corrected chi connectivity index (χ3v) is 3.44. The fourth-order valence-electron chi connectivity index (χ4n) is 2.49. The summed E-state index contributed by atoms with van der Waals surface area (Å²) in [5.41, 5.74) is 1.47. The first-order chi connectivity index (χ1) is 7.36. The number of piperidine rings is 1. The van der Waals surface area contributed by atoms with Crippen LogP contribution in [0.15, 0.2) is 30.3 Å². The molecule has 1 aromatic rings. The quantitative estimate of drug-likeness (QED) is 0.796. The van der Waals surface area contributed by atoms with Gasteiger partial charge in [-0.15, -0.1) is 0 Å². The molecule has 1 saturated heterocycles. The second kappa shape index (κ2) is 5.32. The van der Waals surface area contributed by atoms with E-state index >= 15 is 0 Å². The van der Waals surface area contributed by atoms with Crippen LogP contribution in [0.3, 0.4) is 0 Å². The van der Waals surface area contributed by atoms with Gasteiger partial charge in [0.25, 0.3) is 0 Å². The van der Waals surface area contributed by atoms with Gasteiger partial charge in [0.05, 0.1) is 0 Å². The molecule has 2 unspecified atom stereocenters. The molecule has 0 bridgehead atoms. The zero-order chi connectivity index (χ0) is 10.5. The summed E-state index contributed by atoms with van der Waals surface area (Å²) in [5.74, 6) is 0.757. The van der Waals surface area contributed by atoms with E-state index in [0.29, 0.717) is 0 Å². The van der Waals surface area contributed by atoms with E-state index in [-0.39, 0.29) is 0 Å². The Bertz CT molecular complexity index is 275. The van der Waals surface area contributed by atoms with Crippen molar-refractivity contribution in [2.24, 2.45) is 5.92 Å². The maximum atomic E-state index is 3.64. The standard InChI is InChI=1S/C14H21N/c1-12(14-9-5-6-10-15-14)11-13-7-3-2-4-8-13/h2-4,7-8,12,14-15H,5-6,9-11H2,1H3. The van der Waals surface area contributed by atoms with Gasteiger partial charge in [-0.2, -0.15) is 0 Å². The van der Waals surface area contributed by atoms with Crippen LogP contribution in [0.4, 0.5) is 0 Å². The number of rotatable bonds is 3. The Kier molecular flexibility index (Phi) is 3.79. The van der Waals surface area contributed by atoms with Crippen molar-refractivity contribution in [1.82, 2.24) is 5.32 Å². The second-order valence-corrected chi connectivity index (χ2v) is 4.72. The highest BCUT2D eigenvalue weighted by Gasteiger charge is 2.19. The van der Waals surface area contributed by atoms with Crippen LogP contribution in [0.5, 0.6) is 0 Å². The zero-order valence-corrected chi connectivity index (χ0v) is 9.58. The van der Waals surface area contributed by atoms with Gasteiger partial charge in [-0.3, -0.25) is 0 Å². The van der Waals surface area contributed by atoms with Crippen molar-refractivity contribution in [1.29, 1.82) is 0 Å². The Morgan fingerprint density at radius 1 is 1.27 bits per heavy atom. The molecular weight excluding hydrogens is 182 g/mol. The lowest BCUT2D eigenvalue weighted by Gasteiger charge is -2.29. The lowest BCUT2D eigenvalue weighted by Crippen LogP contribution is -2.39. The molecule has 1 aliphatic heterocycles. The van der Waals surface area contributed by atoms with Crippen molar-refractivity contribution < 1.29 is 0 Å². The van der Waals surface area contributed by atoms with E-state index in [0.717, 1.165) is 12.0 Å². The van der Waals surface area contributed by atoms with Gasteiger partial charge in [-0.25, -0.2) is 0 Å². The second-order valence-electron chi connectivity index (χ2n) is 4.72. The predicted octanol–water partition coefficient (Wildman–Crippen LogP) is 3.01. The topological polar surface area (TPSA) is 12.0 Å². The monoisotopic (exact) mass is 203 g/mol. The first kappa shape index (κ1) is 10.7. The number of nitrogens with one attached hydrogen (secondary N) is 1. The Hall–Kier alpha value is -0.820. The molecule has 1 aromatic carbocycles. The normalized spacial score (nSPS) is 23.7. The molecular formula is C14H21N. The van der Waals surface area contributed by atoms with Crippen LogP contribution in [-0.4, -0.2) is 12.6 Å². The Morgan fingerprint density at radius 2 is 2.07 bits per heavy atom. The van der Waals surface area contributed by atoms with E-state index in [1.807, 2.05) is 0 Å². The maximum Gasteiger partial charge on any atom is 0.00958 e. The SMILES string of the molecule is CC(Cc1ccccc1)C1CCCCN1. The largest absolute Gasteiger partial charge is 0.314 e. The number of hydrogen-bond acceptors (Lipinski definition) is 1. The van der Waals surface area contributed by atoms with Crippen LogP contribution in [0.1, 0.15) is 31.7 Å². The van der Waals surface area contributed by atoms with Crippen LogP contribution < -0.4 is 5.32 Å². The lowest BCUT2D eigenvalue weighted by atomic mass is 9.89. The van der Waals surface area contributed by atoms with Crippen molar-refractivity contribution in [3.8, 4) is 0 Å². The highest BCUT2D eigenvalue weighted by atomic mass is 14.9. The fourth-order valence-corrected chi connectivity index (χ4v) is 2.49. The zero-order valence-electron chi connectivity index (χ0n) is 9.58. The highest BCUT2D eigenvalue weighted by molar-refractivity contribution is 5.15. The smallest absolute Gasteiger partial charge is 0.00958 e. The van der Waals surface area contributed by atoms with Crippen molar-refractivity contribution in [3.05, 3.63) is 35.9 Å². The van der Waals surface area contributed by atoms with E-state index in [9.17, 15) is 0 Å². The summed E-state index contributed by atoms with van der Waals surface area (Å²) in [6.07, 6.45) is 5.32. The van der Waals surface area contributed by atoms with E-state index in [2.05, 4.69) is 42.6 Å². The van der Waals surface area contributed by atoms with Gasteiger partial charge in [0.15, 0.2) is 0 Å². The van der Waals surface area contributed by atoms with Gasteiger partial charge in [0.2, 0.25) is 0 Å². The molecule has 1 fully saturated rings. The highest BCUT2D eigenvalue weighted by Crippen LogP contribution is 2.18. The Morgan fingerprint density at radius 3 is 2.73 bits per heavy atom. The Labute approximate surface area is 92.9 Å². The van der Waals surface area contributed by atoms with Crippen LogP contribution in [0, 0.1) is 5.92 Å². The van der Waals surface area contributed by atoms with Crippen LogP contribution in [-0.2, 0) is 6.42 Å². The van der Waals surface area contributed by atoms with Gasteiger partial charge in [-0.05, 0) is 37.3 Å². The van der Waals surface area contributed by atoms with Crippen molar-refractivity contribution in [3.63, 3.8) is 0 Å². The third-order valence-electron chi connectivity index (χ3n) is 3.44. The molecule has 1 heterocycles. The number of benzene rings is 1. The predicted molar refractivity (Wildman–Crippen MR) is 65.0 cm³/mol. The molecule has 1 heteroatoms. The molecule has 15 heavy (non-hydrogen) atoms. The molecule has 2 atom stereocenters. The molecule has 1 aliphatic rings. The molecule has 2 rings (SSSR count). The lowest BCUT2D eigenvalue weighted by molar-refractivity contribution is 0.309. The van der Waals surface area contributed by atoms with Crippen LogP contribution in [0.25, 0.3) is 0 Å². The third kappa shape index (κ3) is 3.07. The average molecular weight is 203 g/mol. The minimum Gasteiger partial charge on any atom is -0.314 e. The molecule has 0 saturated carbocycles. The molecule has 1 nitrogen and oxygen atoms in total. The van der Waals surface area contributed by atoms with E-state index in [4.69, 9.17) is 0 Å². The van der Waals surface area contributed by atoms with Crippen molar-refractivity contribution in [2.75, 3.05) is 6.54 Å². The summed E-state index contributed by atoms with van der Waals surface area (Å²) in [6, 6.07) is 11.6. The minimum absolute atomic E-state index is 0.735. The van der Waals surface area contributed by atoms with Crippen molar-refractivity contribution in [2.45, 2.75) is 38.6 Å². The summed E-state index contributed by atoms with van der Waals surface area (Å²) in [7, 11) is 0. The van der Waals surface area contributed by atoms with E-state index in [1.54, 1.807) is 0 Å². The molecule has 1 N–H and O–H groups in total. The fraction of sp³-hybridized carbons (Fsp3) is 0.571. The molecule has 0 spiro atoms. The summed E-state index contributed by atoms with van der Waals surface area (Å²) in [5, 5.41) is 3.64. The van der Waals surface area contributed by atoms with Crippen LogP contribution in [0.2, 0.25) is 0 Å². The van der Waals surface area contributed by atoms with Gasteiger partial charge >= 0.3 is 0 Å². The molecule has 82 valence electrons.